The van der Waals surface area contributed by atoms with Crippen molar-refractivity contribution in [1.29, 1.82) is 0 Å². The second-order valence-corrected chi connectivity index (χ2v) is 3.96. The van der Waals surface area contributed by atoms with Crippen molar-refractivity contribution in [3.8, 4) is 11.4 Å². The van der Waals surface area contributed by atoms with Gasteiger partial charge in [0.1, 0.15) is 0 Å². The maximum atomic E-state index is 4.51. The van der Waals surface area contributed by atoms with Crippen LogP contribution in [0.1, 0.15) is 0 Å². The van der Waals surface area contributed by atoms with Crippen LogP contribution in [-0.2, 0) is 0 Å². The van der Waals surface area contributed by atoms with Gasteiger partial charge in [-0.15, -0.1) is 5.10 Å². The van der Waals surface area contributed by atoms with Gasteiger partial charge in [0.15, 0.2) is 5.82 Å². The van der Waals surface area contributed by atoms with E-state index >= 15 is 0 Å². The summed E-state index contributed by atoms with van der Waals surface area (Å²) in [5, 5.41) is 10.5. The number of piperazine rings is 1. The van der Waals surface area contributed by atoms with Crippen LogP contribution >= 0.6 is 0 Å². The Balaban J connectivity index is 1.83. The molecule has 2 N–H and O–H groups in total. The number of nitrogens with one attached hydrogen (secondary N) is 2. The molecule has 1 saturated heterocycles. The van der Waals surface area contributed by atoms with Gasteiger partial charge in [0.05, 0.1) is 0 Å². The van der Waals surface area contributed by atoms with E-state index in [1.807, 2.05) is 12.1 Å². The molecule has 2 aromatic rings. The summed E-state index contributed by atoms with van der Waals surface area (Å²) in [5.74, 6) is 1.57. The average molecular weight is 230 g/mol. The molecule has 3 rings (SSSR count). The largest absolute Gasteiger partial charge is 0.337 e. The van der Waals surface area contributed by atoms with Gasteiger partial charge < -0.3 is 10.2 Å². The van der Waals surface area contributed by atoms with Crippen molar-refractivity contribution in [1.82, 2.24) is 25.5 Å². The van der Waals surface area contributed by atoms with Crippen molar-refractivity contribution < 1.29 is 0 Å². The van der Waals surface area contributed by atoms with Gasteiger partial charge >= 0.3 is 0 Å². The van der Waals surface area contributed by atoms with E-state index in [1.165, 1.54) is 0 Å². The van der Waals surface area contributed by atoms with Crippen LogP contribution in [0.4, 0.5) is 5.95 Å². The first-order valence-corrected chi connectivity index (χ1v) is 5.72. The smallest absolute Gasteiger partial charge is 0.245 e. The highest BCUT2D eigenvalue weighted by Gasteiger charge is 2.15. The van der Waals surface area contributed by atoms with Gasteiger partial charge in [-0.1, -0.05) is 0 Å². The molecule has 0 amide bonds. The summed E-state index contributed by atoms with van der Waals surface area (Å²) in [6.07, 6.45) is 3.50. The Morgan fingerprint density at radius 1 is 1.12 bits per heavy atom. The van der Waals surface area contributed by atoms with Crippen molar-refractivity contribution in [2.75, 3.05) is 31.1 Å². The molecule has 0 radical (unpaired) electrons. The van der Waals surface area contributed by atoms with E-state index in [0.717, 1.165) is 43.5 Å². The van der Waals surface area contributed by atoms with E-state index in [4.69, 9.17) is 0 Å². The Hall–Kier alpha value is -1.95. The van der Waals surface area contributed by atoms with E-state index in [0.29, 0.717) is 0 Å². The molecule has 0 aliphatic carbocycles. The second kappa shape index (κ2) is 4.50. The van der Waals surface area contributed by atoms with Crippen LogP contribution in [0, 0.1) is 0 Å². The minimum atomic E-state index is 0.776. The molecule has 0 spiro atoms. The molecular weight excluding hydrogens is 216 g/mol. The molecule has 0 aromatic carbocycles. The number of H-pyrrole nitrogens is 1. The zero-order valence-corrected chi connectivity index (χ0v) is 9.43. The highest BCUT2D eigenvalue weighted by atomic mass is 15.4. The average Bonchev–Trinajstić information content (AvgIpc) is 2.90. The van der Waals surface area contributed by atoms with Crippen molar-refractivity contribution in [3.63, 3.8) is 0 Å². The third kappa shape index (κ3) is 2.12. The van der Waals surface area contributed by atoms with E-state index in [1.54, 1.807) is 12.4 Å². The van der Waals surface area contributed by atoms with Gasteiger partial charge in [0.25, 0.3) is 0 Å². The van der Waals surface area contributed by atoms with Gasteiger partial charge in [-0.05, 0) is 12.1 Å². The normalized spacial score (nSPS) is 16.1. The summed E-state index contributed by atoms with van der Waals surface area (Å²) < 4.78 is 0. The maximum Gasteiger partial charge on any atom is 0.245 e. The minimum Gasteiger partial charge on any atom is -0.337 e. The lowest BCUT2D eigenvalue weighted by atomic mass is 10.2. The topological polar surface area (TPSA) is 69.7 Å². The van der Waals surface area contributed by atoms with Crippen LogP contribution in [-0.4, -0.2) is 46.3 Å². The summed E-state index contributed by atoms with van der Waals surface area (Å²) in [6.45, 7) is 3.87. The summed E-state index contributed by atoms with van der Waals surface area (Å²) in [6, 6.07) is 3.84. The van der Waals surface area contributed by atoms with Crippen molar-refractivity contribution in [3.05, 3.63) is 24.5 Å². The number of nitrogens with zero attached hydrogens (tertiary/aromatic N) is 4. The summed E-state index contributed by atoms with van der Waals surface area (Å²) >= 11 is 0. The highest BCUT2D eigenvalue weighted by Crippen LogP contribution is 2.16. The molecule has 0 bridgehead atoms. The van der Waals surface area contributed by atoms with Gasteiger partial charge in [-0.25, -0.2) is 0 Å². The van der Waals surface area contributed by atoms with Crippen molar-refractivity contribution in [2.24, 2.45) is 0 Å². The molecule has 0 atom stereocenters. The SMILES string of the molecule is c1cc(-c2nc(N3CCNCC3)n[nH]2)ccn1. The number of aromatic amines is 1. The van der Waals surface area contributed by atoms with Crippen molar-refractivity contribution >= 4 is 5.95 Å². The zero-order valence-electron chi connectivity index (χ0n) is 9.43. The molecule has 0 saturated carbocycles. The summed E-state index contributed by atoms with van der Waals surface area (Å²) in [7, 11) is 0. The molecular formula is C11H14N6. The van der Waals surface area contributed by atoms with Crippen LogP contribution in [0.3, 0.4) is 0 Å². The molecule has 6 heteroatoms. The number of hydrogen-bond acceptors (Lipinski definition) is 5. The molecule has 2 aromatic heterocycles. The van der Waals surface area contributed by atoms with Gasteiger partial charge in [0.2, 0.25) is 5.95 Å². The summed E-state index contributed by atoms with van der Waals surface area (Å²) in [4.78, 5) is 10.7. The Labute approximate surface area is 99.1 Å². The fourth-order valence-corrected chi connectivity index (χ4v) is 1.90. The summed E-state index contributed by atoms with van der Waals surface area (Å²) in [5.41, 5.74) is 1.01. The predicted molar refractivity (Wildman–Crippen MR) is 64.7 cm³/mol. The molecule has 6 nitrogen and oxygen atoms in total. The number of hydrogen-bond donors (Lipinski definition) is 2. The minimum absolute atomic E-state index is 0.776. The number of anilines is 1. The maximum absolute atomic E-state index is 4.51. The van der Waals surface area contributed by atoms with Crippen LogP contribution in [0.25, 0.3) is 11.4 Å². The Morgan fingerprint density at radius 2 is 1.88 bits per heavy atom. The van der Waals surface area contributed by atoms with Crippen LogP contribution in [0.15, 0.2) is 24.5 Å². The monoisotopic (exact) mass is 230 g/mol. The Kier molecular flexibility index (Phi) is 2.71. The van der Waals surface area contributed by atoms with Gasteiger partial charge in [-0.3, -0.25) is 10.1 Å². The zero-order chi connectivity index (χ0) is 11.5. The van der Waals surface area contributed by atoms with Crippen LogP contribution in [0.5, 0.6) is 0 Å². The van der Waals surface area contributed by atoms with Crippen LogP contribution in [0.2, 0.25) is 0 Å². The second-order valence-electron chi connectivity index (χ2n) is 3.96. The van der Waals surface area contributed by atoms with E-state index in [9.17, 15) is 0 Å². The molecule has 0 unspecified atom stereocenters. The molecule has 1 fully saturated rings. The first kappa shape index (κ1) is 10.2. The third-order valence-electron chi connectivity index (χ3n) is 2.83. The Bertz CT molecular complexity index is 474. The first-order valence-electron chi connectivity index (χ1n) is 5.72. The van der Waals surface area contributed by atoms with E-state index in [2.05, 4.69) is 30.4 Å². The molecule has 1 aliphatic rings. The lowest BCUT2D eigenvalue weighted by molar-refractivity contribution is 0.580. The number of rotatable bonds is 2. The van der Waals surface area contributed by atoms with Crippen LogP contribution < -0.4 is 10.2 Å². The molecule has 17 heavy (non-hydrogen) atoms. The van der Waals surface area contributed by atoms with Crippen molar-refractivity contribution in [2.45, 2.75) is 0 Å². The Morgan fingerprint density at radius 3 is 2.65 bits per heavy atom. The quantitative estimate of drug-likeness (QED) is 0.775. The highest BCUT2D eigenvalue weighted by molar-refractivity contribution is 5.55. The molecule has 1 aliphatic heterocycles. The number of aromatic nitrogens is 4. The fourth-order valence-electron chi connectivity index (χ4n) is 1.90. The van der Waals surface area contributed by atoms with Gasteiger partial charge in [-0.2, -0.15) is 4.98 Å². The van der Waals surface area contributed by atoms with E-state index in [-0.39, 0.29) is 0 Å². The van der Waals surface area contributed by atoms with E-state index < -0.39 is 0 Å². The lowest BCUT2D eigenvalue weighted by Gasteiger charge is -2.25. The standard InChI is InChI=1S/C11H14N6/c1-3-12-4-2-9(1)10-14-11(16-15-10)17-7-5-13-6-8-17/h1-4,13H,5-8H2,(H,14,15,16). The predicted octanol–water partition coefficient (Wildman–Crippen LogP) is 0.276. The fraction of sp³-hybridized carbons (Fsp3) is 0.364. The molecule has 88 valence electrons. The lowest BCUT2D eigenvalue weighted by Crippen LogP contribution is -2.44. The molecule has 3 heterocycles. The third-order valence-corrected chi connectivity index (χ3v) is 2.83. The first-order chi connectivity index (χ1) is 8.43. The number of pyridine rings is 1. The van der Waals surface area contributed by atoms with Gasteiger partial charge in [0, 0.05) is 44.1 Å².